The molecule has 0 aromatic rings. The zero-order chi connectivity index (χ0) is 12.1. The zero-order valence-corrected chi connectivity index (χ0v) is 10.8. The quantitative estimate of drug-likeness (QED) is 0.612. The fourth-order valence-electron chi connectivity index (χ4n) is 1.30. The van der Waals surface area contributed by atoms with Crippen molar-refractivity contribution in [3.8, 4) is 0 Å². The Morgan fingerprint density at radius 1 is 1.07 bits per heavy atom. The summed E-state index contributed by atoms with van der Waals surface area (Å²) in [5, 5.41) is 21.2. The molecule has 3 nitrogen and oxygen atoms in total. The van der Waals surface area contributed by atoms with E-state index in [2.05, 4.69) is 19.2 Å². The average molecular weight is 219 g/mol. The second kappa shape index (κ2) is 13.9. The highest BCUT2D eigenvalue weighted by Crippen LogP contribution is 2.11. The Hall–Kier alpha value is -0.120. The molecule has 0 heterocycles. The van der Waals surface area contributed by atoms with Crippen LogP contribution < -0.4 is 5.32 Å². The molecule has 2 atom stereocenters. The van der Waals surface area contributed by atoms with E-state index in [0.717, 1.165) is 32.4 Å². The summed E-state index contributed by atoms with van der Waals surface area (Å²) in [6, 6.07) is 0. The first kappa shape index (κ1) is 17.3. The molecule has 0 aliphatic rings. The molecule has 0 saturated carbocycles. The van der Waals surface area contributed by atoms with E-state index in [1.807, 2.05) is 13.8 Å². The lowest BCUT2D eigenvalue weighted by atomic mass is 9.97. The normalized spacial score (nSPS) is 14.0. The molecular formula is C12H29NO2. The minimum atomic E-state index is -0.306. The van der Waals surface area contributed by atoms with E-state index in [-0.39, 0.29) is 18.6 Å². The van der Waals surface area contributed by atoms with Crippen molar-refractivity contribution in [1.29, 1.82) is 0 Å². The lowest BCUT2D eigenvalue weighted by Crippen LogP contribution is -2.22. The largest absolute Gasteiger partial charge is 0.396 e. The van der Waals surface area contributed by atoms with E-state index >= 15 is 0 Å². The van der Waals surface area contributed by atoms with Gasteiger partial charge in [-0.15, -0.1) is 0 Å². The molecule has 3 heteroatoms. The third-order valence-corrected chi connectivity index (χ3v) is 2.39. The summed E-state index contributed by atoms with van der Waals surface area (Å²) in [7, 11) is 0. The van der Waals surface area contributed by atoms with Gasteiger partial charge in [0.1, 0.15) is 0 Å². The monoisotopic (exact) mass is 219 g/mol. The number of rotatable bonds is 7. The lowest BCUT2D eigenvalue weighted by molar-refractivity contribution is 0.0584. The first-order valence-corrected chi connectivity index (χ1v) is 6.17. The molecule has 94 valence electrons. The highest BCUT2D eigenvalue weighted by Gasteiger charge is 2.14. The van der Waals surface area contributed by atoms with Gasteiger partial charge in [-0.25, -0.2) is 0 Å². The molecule has 0 aromatic heterocycles. The van der Waals surface area contributed by atoms with Crippen LogP contribution in [0.15, 0.2) is 0 Å². The van der Waals surface area contributed by atoms with E-state index in [0.29, 0.717) is 0 Å². The summed E-state index contributed by atoms with van der Waals surface area (Å²) >= 11 is 0. The molecular weight excluding hydrogens is 190 g/mol. The van der Waals surface area contributed by atoms with Crippen molar-refractivity contribution in [1.82, 2.24) is 5.32 Å². The second-order valence-corrected chi connectivity index (χ2v) is 3.66. The number of hydrogen-bond donors (Lipinski definition) is 3. The topological polar surface area (TPSA) is 52.5 Å². The Balaban J connectivity index is 0. The van der Waals surface area contributed by atoms with E-state index in [1.165, 1.54) is 0 Å². The van der Waals surface area contributed by atoms with Crippen LogP contribution in [0.2, 0.25) is 0 Å². The molecule has 0 bridgehead atoms. The molecule has 0 radical (unpaired) electrons. The van der Waals surface area contributed by atoms with Gasteiger partial charge in [0.05, 0.1) is 6.10 Å². The number of nitrogens with one attached hydrogen (secondary N) is 1. The summed E-state index contributed by atoms with van der Waals surface area (Å²) in [6.07, 6.45) is 2.34. The highest BCUT2D eigenvalue weighted by atomic mass is 16.3. The van der Waals surface area contributed by atoms with Gasteiger partial charge in [0.15, 0.2) is 0 Å². The van der Waals surface area contributed by atoms with Gasteiger partial charge in [-0.05, 0) is 25.9 Å². The highest BCUT2D eigenvalue weighted by molar-refractivity contribution is 4.65. The summed E-state index contributed by atoms with van der Waals surface area (Å²) < 4.78 is 0. The molecule has 0 spiro atoms. The maximum atomic E-state index is 9.35. The van der Waals surface area contributed by atoms with Crippen LogP contribution in [0.4, 0.5) is 0 Å². The zero-order valence-electron chi connectivity index (χ0n) is 10.8. The molecule has 0 aliphatic heterocycles. The van der Waals surface area contributed by atoms with E-state index < -0.39 is 0 Å². The fourth-order valence-corrected chi connectivity index (χ4v) is 1.30. The molecule has 0 fully saturated rings. The van der Waals surface area contributed by atoms with Crippen molar-refractivity contribution in [2.45, 2.75) is 53.1 Å². The van der Waals surface area contributed by atoms with Crippen molar-refractivity contribution >= 4 is 0 Å². The van der Waals surface area contributed by atoms with Gasteiger partial charge in [0.25, 0.3) is 0 Å². The summed E-state index contributed by atoms with van der Waals surface area (Å²) in [5.74, 6) is 0.0833. The fraction of sp³-hybridized carbons (Fsp3) is 1.00. The van der Waals surface area contributed by atoms with Crippen LogP contribution >= 0.6 is 0 Å². The lowest BCUT2D eigenvalue weighted by Gasteiger charge is -2.17. The van der Waals surface area contributed by atoms with Crippen LogP contribution in [0.3, 0.4) is 0 Å². The first-order chi connectivity index (χ1) is 7.17. The SMILES string of the molecule is CCCC(O)C(CC)CO.CCNCC. The van der Waals surface area contributed by atoms with Crippen molar-refractivity contribution in [2.75, 3.05) is 19.7 Å². The summed E-state index contributed by atoms with van der Waals surface area (Å²) in [6.45, 7) is 10.5. The van der Waals surface area contributed by atoms with Gasteiger partial charge in [-0.1, -0.05) is 34.1 Å². The van der Waals surface area contributed by atoms with Gasteiger partial charge in [0, 0.05) is 12.5 Å². The first-order valence-electron chi connectivity index (χ1n) is 6.17. The predicted molar refractivity (Wildman–Crippen MR) is 66.0 cm³/mol. The van der Waals surface area contributed by atoms with E-state index in [9.17, 15) is 5.11 Å². The van der Waals surface area contributed by atoms with Crippen LogP contribution in [0.1, 0.15) is 47.0 Å². The summed E-state index contributed by atoms with van der Waals surface area (Å²) in [4.78, 5) is 0. The van der Waals surface area contributed by atoms with E-state index in [1.54, 1.807) is 0 Å². The Kier molecular flexibility index (Phi) is 16.0. The van der Waals surface area contributed by atoms with Crippen LogP contribution in [0, 0.1) is 5.92 Å². The van der Waals surface area contributed by atoms with Crippen molar-refractivity contribution in [3.63, 3.8) is 0 Å². The summed E-state index contributed by atoms with van der Waals surface area (Å²) in [5.41, 5.74) is 0. The van der Waals surface area contributed by atoms with Crippen molar-refractivity contribution in [3.05, 3.63) is 0 Å². The van der Waals surface area contributed by atoms with Gasteiger partial charge in [-0.2, -0.15) is 0 Å². The molecule has 0 aliphatic carbocycles. The second-order valence-electron chi connectivity index (χ2n) is 3.66. The van der Waals surface area contributed by atoms with Crippen LogP contribution in [-0.2, 0) is 0 Å². The van der Waals surface area contributed by atoms with E-state index in [4.69, 9.17) is 5.11 Å². The number of aliphatic hydroxyl groups excluding tert-OH is 2. The number of hydrogen-bond acceptors (Lipinski definition) is 3. The average Bonchev–Trinajstić information content (AvgIpc) is 2.22. The third kappa shape index (κ3) is 11.8. The maximum absolute atomic E-state index is 9.35. The molecule has 0 saturated heterocycles. The minimum Gasteiger partial charge on any atom is -0.396 e. The predicted octanol–water partition coefficient (Wildman–Crippen LogP) is 1.78. The van der Waals surface area contributed by atoms with Crippen LogP contribution in [0.5, 0.6) is 0 Å². The molecule has 0 aromatic carbocycles. The van der Waals surface area contributed by atoms with Gasteiger partial charge in [0.2, 0.25) is 0 Å². The molecule has 0 rings (SSSR count). The maximum Gasteiger partial charge on any atom is 0.0590 e. The Morgan fingerprint density at radius 3 is 1.80 bits per heavy atom. The Bertz CT molecular complexity index is 104. The van der Waals surface area contributed by atoms with Crippen molar-refractivity contribution < 1.29 is 10.2 Å². The molecule has 2 unspecified atom stereocenters. The van der Waals surface area contributed by atoms with Crippen LogP contribution in [-0.4, -0.2) is 36.0 Å². The standard InChI is InChI=1S/C8H18O2.C4H11N/c1-3-5-8(10)7(4-2)6-9;1-3-5-4-2/h7-10H,3-6H2,1-2H3;5H,3-4H2,1-2H3. The Labute approximate surface area is 94.9 Å². The van der Waals surface area contributed by atoms with Crippen molar-refractivity contribution in [2.24, 2.45) is 5.92 Å². The van der Waals surface area contributed by atoms with Gasteiger partial charge in [-0.3, -0.25) is 0 Å². The van der Waals surface area contributed by atoms with Gasteiger partial charge >= 0.3 is 0 Å². The Morgan fingerprint density at radius 2 is 1.60 bits per heavy atom. The van der Waals surface area contributed by atoms with Gasteiger partial charge < -0.3 is 15.5 Å². The number of aliphatic hydroxyl groups is 2. The molecule has 3 N–H and O–H groups in total. The third-order valence-electron chi connectivity index (χ3n) is 2.39. The van der Waals surface area contributed by atoms with Crippen LogP contribution in [0.25, 0.3) is 0 Å². The smallest absolute Gasteiger partial charge is 0.0590 e. The molecule has 0 amide bonds. The molecule has 15 heavy (non-hydrogen) atoms. The minimum absolute atomic E-state index is 0.0833.